The Balaban J connectivity index is 2.76. The highest BCUT2D eigenvalue weighted by Gasteiger charge is 2.21. The van der Waals surface area contributed by atoms with Gasteiger partial charge in [-0.05, 0) is 38.3 Å². The summed E-state index contributed by atoms with van der Waals surface area (Å²) in [6.45, 7) is 9.47. The van der Waals surface area contributed by atoms with Crippen LogP contribution in [0.2, 0.25) is 0 Å². The maximum Gasteiger partial charge on any atom is 0.242 e. The Kier molecular flexibility index (Phi) is 12.3. The van der Waals surface area contributed by atoms with Crippen molar-refractivity contribution in [1.82, 2.24) is 14.4 Å². The fourth-order valence-corrected chi connectivity index (χ4v) is 3.04. The molecule has 1 aromatic heterocycles. The average Bonchev–Trinajstić information content (AvgIpc) is 3.09. The van der Waals surface area contributed by atoms with Crippen LogP contribution in [0.1, 0.15) is 65.0 Å². The lowest BCUT2D eigenvalue weighted by Crippen LogP contribution is -2.43. The van der Waals surface area contributed by atoms with Crippen molar-refractivity contribution in [3.63, 3.8) is 0 Å². The summed E-state index contributed by atoms with van der Waals surface area (Å²) >= 11 is 0. The summed E-state index contributed by atoms with van der Waals surface area (Å²) < 4.78 is 7.44. The number of carbonyl (C=O) groups is 2. The molecule has 0 fully saturated rings. The van der Waals surface area contributed by atoms with E-state index >= 15 is 0 Å². The Morgan fingerprint density at radius 1 is 1.00 bits per heavy atom. The molecule has 0 aliphatic rings. The van der Waals surface area contributed by atoms with Crippen LogP contribution in [0.25, 0.3) is 0 Å². The zero-order chi connectivity index (χ0) is 20.8. The lowest BCUT2D eigenvalue weighted by Gasteiger charge is -2.28. The van der Waals surface area contributed by atoms with Crippen LogP contribution in [0.4, 0.5) is 0 Å². The van der Waals surface area contributed by atoms with E-state index in [2.05, 4.69) is 13.8 Å². The lowest BCUT2D eigenvalue weighted by atomic mass is 10.2. The van der Waals surface area contributed by atoms with Gasteiger partial charge in [-0.3, -0.25) is 9.59 Å². The largest absolute Gasteiger partial charge is 0.382 e. The minimum absolute atomic E-state index is 0.0240. The van der Waals surface area contributed by atoms with Crippen molar-refractivity contribution in [2.24, 2.45) is 7.05 Å². The quantitative estimate of drug-likeness (QED) is 0.428. The van der Waals surface area contributed by atoms with Gasteiger partial charge in [-0.15, -0.1) is 0 Å². The van der Waals surface area contributed by atoms with Crippen molar-refractivity contribution < 1.29 is 14.3 Å². The molecule has 0 N–H and O–H groups in total. The molecule has 0 aliphatic heterocycles. The van der Waals surface area contributed by atoms with E-state index in [1.165, 1.54) is 0 Å². The molecule has 0 saturated heterocycles. The average molecular weight is 394 g/mol. The summed E-state index contributed by atoms with van der Waals surface area (Å²) in [5.41, 5.74) is 1.10. The molecule has 1 heterocycles. The zero-order valence-corrected chi connectivity index (χ0v) is 18.3. The molecule has 0 radical (unpaired) electrons. The van der Waals surface area contributed by atoms with Crippen molar-refractivity contribution >= 4 is 11.8 Å². The zero-order valence-electron chi connectivity index (χ0n) is 18.3. The van der Waals surface area contributed by atoms with E-state index < -0.39 is 0 Å². The van der Waals surface area contributed by atoms with Crippen molar-refractivity contribution in [2.75, 3.05) is 32.8 Å². The van der Waals surface area contributed by atoms with Gasteiger partial charge in [-0.25, -0.2) is 0 Å². The molecule has 0 saturated carbocycles. The van der Waals surface area contributed by atoms with Crippen molar-refractivity contribution in [3.8, 4) is 0 Å². The smallest absolute Gasteiger partial charge is 0.242 e. The maximum atomic E-state index is 13.1. The number of hydrogen-bond donors (Lipinski definition) is 0. The van der Waals surface area contributed by atoms with Gasteiger partial charge in [0.25, 0.3) is 0 Å². The fourth-order valence-electron chi connectivity index (χ4n) is 3.04. The predicted molar refractivity (Wildman–Crippen MR) is 113 cm³/mol. The van der Waals surface area contributed by atoms with Crippen LogP contribution in [0.3, 0.4) is 0 Å². The molecule has 6 nitrogen and oxygen atoms in total. The van der Waals surface area contributed by atoms with Gasteiger partial charge in [-0.2, -0.15) is 0 Å². The summed E-state index contributed by atoms with van der Waals surface area (Å²) in [7, 11) is 1.99. The first-order valence-electron chi connectivity index (χ1n) is 10.8. The Morgan fingerprint density at radius 2 is 1.71 bits per heavy atom. The number of unbranched alkanes of at least 4 members (excludes halogenated alkanes) is 2. The molecule has 6 heteroatoms. The fraction of sp³-hybridized carbons (Fsp3) is 0.727. The summed E-state index contributed by atoms with van der Waals surface area (Å²) in [5.74, 6) is 0.0944. The second-order valence-electron chi connectivity index (χ2n) is 7.25. The summed E-state index contributed by atoms with van der Waals surface area (Å²) in [6.07, 6.45) is 7.08. The van der Waals surface area contributed by atoms with Gasteiger partial charge in [-0.1, -0.05) is 26.7 Å². The van der Waals surface area contributed by atoms with Gasteiger partial charge in [0.2, 0.25) is 11.8 Å². The minimum atomic E-state index is 0.0240. The molecule has 160 valence electrons. The van der Waals surface area contributed by atoms with Crippen LogP contribution in [0.15, 0.2) is 18.3 Å². The topological polar surface area (TPSA) is 54.8 Å². The SMILES string of the molecule is CCCCC(=O)N(CCCOCC)CC(=O)N(CCCC)Cc1cccn1C. The van der Waals surface area contributed by atoms with Crippen LogP contribution < -0.4 is 0 Å². The van der Waals surface area contributed by atoms with E-state index in [-0.39, 0.29) is 18.4 Å². The maximum absolute atomic E-state index is 13.1. The van der Waals surface area contributed by atoms with Crippen LogP contribution >= 0.6 is 0 Å². The first kappa shape index (κ1) is 24.2. The normalized spacial score (nSPS) is 10.9. The van der Waals surface area contributed by atoms with Crippen molar-refractivity contribution in [3.05, 3.63) is 24.0 Å². The standard InChI is InChI=1S/C22H39N3O3/c1-5-8-13-21(26)25(16-11-17-28-7-3)19-22(27)24(15-9-6-2)18-20-12-10-14-23(20)4/h10,12,14H,5-9,11,13,15-19H2,1-4H3. The molecular weight excluding hydrogens is 354 g/mol. The minimum Gasteiger partial charge on any atom is -0.382 e. The van der Waals surface area contributed by atoms with Crippen LogP contribution in [0, 0.1) is 0 Å². The van der Waals surface area contributed by atoms with Crippen LogP contribution in [-0.2, 0) is 27.9 Å². The van der Waals surface area contributed by atoms with Gasteiger partial charge < -0.3 is 19.1 Å². The third-order valence-corrected chi connectivity index (χ3v) is 4.88. The number of ether oxygens (including phenoxy) is 1. The Labute approximate surface area is 170 Å². The summed E-state index contributed by atoms with van der Waals surface area (Å²) in [5, 5.41) is 0. The number of aromatic nitrogens is 1. The van der Waals surface area contributed by atoms with Gasteiger partial charge in [0.1, 0.15) is 0 Å². The number of amides is 2. The van der Waals surface area contributed by atoms with E-state index in [9.17, 15) is 9.59 Å². The van der Waals surface area contributed by atoms with E-state index in [1.54, 1.807) is 4.90 Å². The molecular formula is C22H39N3O3. The van der Waals surface area contributed by atoms with E-state index in [4.69, 9.17) is 4.74 Å². The Morgan fingerprint density at radius 3 is 2.32 bits per heavy atom. The van der Waals surface area contributed by atoms with E-state index in [0.29, 0.717) is 32.7 Å². The van der Waals surface area contributed by atoms with Gasteiger partial charge in [0.15, 0.2) is 0 Å². The van der Waals surface area contributed by atoms with Gasteiger partial charge in [0.05, 0.1) is 13.1 Å². The Hall–Kier alpha value is -1.82. The molecule has 0 spiro atoms. The van der Waals surface area contributed by atoms with Crippen LogP contribution in [-0.4, -0.2) is 59.0 Å². The molecule has 0 aliphatic carbocycles. The third-order valence-electron chi connectivity index (χ3n) is 4.88. The molecule has 0 atom stereocenters. The molecule has 0 unspecified atom stereocenters. The van der Waals surface area contributed by atoms with Crippen LogP contribution in [0.5, 0.6) is 0 Å². The van der Waals surface area contributed by atoms with Crippen molar-refractivity contribution in [2.45, 2.75) is 65.8 Å². The summed E-state index contributed by atoms with van der Waals surface area (Å²) in [6, 6.07) is 4.03. The molecule has 0 aromatic carbocycles. The second-order valence-corrected chi connectivity index (χ2v) is 7.25. The summed E-state index contributed by atoms with van der Waals surface area (Å²) in [4.78, 5) is 29.3. The number of nitrogens with zero attached hydrogens (tertiary/aromatic N) is 3. The first-order valence-corrected chi connectivity index (χ1v) is 10.8. The molecule has 1 rings (SSSR count). The number of aryl methyl sites for hydroxylation is 1. The highest BCUT2D eigenvalue weighted by molar-refractivity contribution is 5.84. The first-order chi connectivity index (χ1) is 13.5. The second kappa shape index (κ2) is 14.2. The molecule has 2 amide bonds. The van der Waals surface area contributed by atoms with Crippen molar-refractivity contribution in [1.29, 1.82) is 0 Å². The third kappa shape index (κ3) is 8.91. The molecule has 28 heavy (non-hydrogen) atoms. The van der Waals surface area contributed by atoms with Gasteiger partial charge in [0, 0.05) is 51.7 Å². The number of rotatable bonds is 15. The molecule has 0 bridgehead atoms. The number of hydrogen-bond acceptors (Lipinski definition) is 3. The van der Waals surface area contributed by atoms with E-state index in [0.717, 1.165) is 44.3 Å². The lowest BCUT2D eigenvalue weighted by molar-refractivity contribution is -0.141. The highest BCUT2D eigenvalue weighted by Crippen LogP contribution is 2.09. The Bertz CT molecular complexity index is 571. The monoisotopic (exact) mass is 393 g/mol. The van der Waals surface area contributed by atoms with Gasteiger partial charge >= 0.3 is 0 Å². The van der Waals surface area contributed by atoms with E-state index in [1.807, 2.05) is 41.8 Å². The highest BCUT2D eigenvalue weighted by atomic mass is 16.5. The molecule has 1 aromatic rings. The number of carbonyl (C=O) groups excluding carboxylic acids is 2. The predicted octanol–water partition coefficient (Wildman–Crippen LogP) is 3.60.